The second-order valence-corrected chi connectivity index (χ2v) is 4.34. The van der Waals surface area contributed by atoms with E-state index in [1.807, 2.05) is 24.3 Å². The highest BCUT2D eigenvalue weighted by atomic mass is 127. The third kappa shape index (κ3) is 4.71. The highest BCUT2D eigenvalue weighted by molar-refractivity contribution is 14.0. The number of aliphatic imine (C=N–C) groups is 1. The van der Waals surface area contributed by atoms with Crippen molar-refractivity contribution in [2.75, 3.05) is 7.05 Å². The van der Waals surface area contributed by atoms with E-state index in [0.29, 0.717) is 12.6 Å². The number of hydrogen-bond donors (Lipinski definition) is 2. The van der Waals surface area contributed by atoms with E-state index in [-0.39, 0.29) is 24.0 Å². The molecule has 0 aromatic heterocycles. The maximum atomic E-state index is 6.07. The van der Waals surface area contributed by atoms with Gasteiger partial charge in [-0.2, -0.15) is 0 Å². The van der Waals surface area contributed by atoms with E-state index in [4.69, 9.17) is 11.6 Å². The normalized spacial score (nSPS) is 15.1. The largest absolute Gasteiger partial charge is 0.354 e. The van der Waals surface area contributed by atoms with E-state index in [1.165, 1.54) is 12.8 Å². The molecule has 1 aliphatic rings. The Morgan fingerprint density at radius 1 is 1.41 bits per heavy atom. The Bertz CT molecular complexity index is 391. The first-order chi connectivity index (χ1) is 7.79. The van der Waals surface area contributed by atoms with Crippen LogP contribution in [0.5, 0.6) is 0 Å². The van der Waals surface area contributed by atoms with Crippen LogP contribution in [0.15, 0.2) is 29.3 Å². The van der Waals surface area contributed by atoms with Crippen LogP contribution in [0.3, 0.4) is 0 Å². The fourth-order valence-electron chi connectivity index (χ4n) is 1.44. The summed E-state index contributed by atoms with van der Waals surface area (Å²) >= 11 is 6.07. The van der Waals surface area contributed by atoms with Crippen LogP contribution < -0.4 is 10.6 Å². The summed E-state index contributed by atoms with van der Waals surface area (Å²) < 4.78 is 0. The summed E-state index contributed by atoms with van der Waals surface area (Å²) in [5, 5.41) is 7.37. The number of halogens is 2. The molecule has 17 heavy (non-hydrogen) atoms. The number of nitrogens with one attached hydrogen (secondary N) is 2. The zero-order valence-corrected chi connectivity index (χ0v) is 12.8. The minimum absolute atomic E-state index is 0. The van der Waals surface area contributed by atoms with Gasteiger partial charge in [-0.15, -0.1) is 24.0 Å². The maximum Gasteiger partial charge on any atom is 0.191 e. The van der Waals surface area contributed by atoms with Crippen molar-refractivity contribution in [3.63, 3.8) is 0 Å². The molecule has 1 aliphatic carbocycles. The molecule has 1 aromatic carbocycles. The van der Waals surface area contributed by atoms with Crippen LogP contribution in [0.2, 0.25) is 5.02 Å². The summed E-state index contributed by atoms with van der Waals surface area (Å²) in [7, 11) is 1.78. The van der Waals surface area contributed by atoms with Crippen LogP contribution in [-0.4, -0.2) is 19.0 Å². The smallest absolute Gasteiger partial charge is 0.191 e. The lowest BCUT2D eigenvalue weighted by Gasteiger charge is -2.11. The summed E-state index contributed by atoms with van der Waals surface area (Å²) in [6, 6.07) is 8.44. The minimum atomic E-state index is 0. The average Bonchev–Trinajstić information content (AvgIpc) is 3.10. The standard InChI is InChI=1S/C12H16ClN3.HI/c1-14-12(16-10-6-7-10)15-8-9-4-2-3-5-11(9)13;/h2-5,10H,6-8H2,1H3,(H2,14,15,16);1H. The van der Waals surface area contributed by atoms with Gasteiger partial charge in [-0.1, -0.05) is 29.8 Å². The molecular weight excluding hydrogens is 349 g/mol. The van der Waals surface area contributed by atoms with Gasteiger partial charge in [0, 0.05) is 24.7 Å². The summed E-state index contributed by atoms with van der Waals surface area (Å²) in [5.41, 5.74) is 1.09. The molecule has 0 amide bonds. The lowest BCUT2D eigenvalue weighted by Crippen LogP contribution is -2.38. The van der Waals surface area contributed by atoms with Crippen molar-refractivity contribution < 1.29 is 0 Å². The van der Waals surface area contributed by atoms with Crippen molar-refractivity contribution in [3.05, 3.63) is 34.9 Å². The molecule has 1 saturated carbocycles. The molecule has 2 N–H and O–H groups in total. The van der Waals surface area contributed by atoms with Gasteiger partial charge in [0.25, 0.3) is 0 Å². The molecule has 0 spiro atoms. The lowest BCUT2D eigenvalue weighted by molar-refractivity contribution is 0.805. The molecule has 0 radical (unpaired) electrons. The van der Waals surface area contributed by atoms with E-state index < -0.39 is 0 Å². The van der Waals surface area contributed by atoms with Crippen LogP contribution in [0.1, 0.15) is 18.4 Å². The third-order valence-corrected chi connectivity index (χ3v) is 2.91. The lowest BCUT2D eigenvalue weighted by atomic mass is 10.2. The summed E-state index contributed by atoms with van der Waals surface area (Å²) in [5.74, 6) is 0.849. The molecule has 0 bridgehead atoms. The molecule has 0 heterocycles. The number of benzene rings is 1. The fourth-order valence-corrected chi connectivity index (χ4v) is 1.64. The van der Waals surface area contributed by atoms with Gasteiger partial charge in [-0.3, -0.25) is 4.99 Å². The van der Waals surface area contributed by atoms with Gasteiger partial charge in [-0.05, 0) is 24.5 Å². The molecule has 5 heteroatoms. The Kier molecular flexibility index (Phi) is 6.05. The van der Waals surface area contributed by atoms with Gasteiger partial charge >= 0.3 is 0 Å². The molecule has 0 aliphatic heterocycles. The first-order valence-electron chi connectivity index (χ1n) is 5.50. The fraction of sp³-hybridized carbons (Fsp3) is 0.417. The zero-order valence-electron chi connectivity index (χ0n) is 9.74. The SMILES string of the molecule is CN=C(NCc1ccccc1Cl)NC1CC1.I. The van der Waals surface area contributed by atoms with Gasteiger partial charge < -0.3 is 10.6 Å². The second-order valence-electron chi connectivity index (χ2n) is 3.94. The van der Waals surface area contributed by atoms with E-state index in [9.17, 15) is 0 Å². The average molecular weight is 366 g/mol. The van der Waals surface area contributed by atoms with Crippen molar-refractivity contribution >= 4 is 41.5 Å². The number of guanidine groups is 1. The maximum absolute atomic E-state index is 6.07. The Morgan fingerprint density at radius 3 is 2.71 bits per heavy atom. The Balaban J connectivity index is 0.00000144. The molecule has 1 fully saturated rings. The molecule has 0 saturated heterocycles. The molecule has 3 nitrogen and oxygen atoms in total. The minimum Gasteiger partial charge on any atom is -0.354 e. The highest BCUT2D eigenvalue weighted by Gasteiger charge is 2.21. The quantitative estimate of drug-likeness (QED) is 0.491. The van der Waals surface area contributed by atoms with Crippen LogP contribution in [0, 0.1) is 0 Å². The predicted octanol–water partition coefficient (Wildman–Crippen LogP) is 2.79. The summed E-state index contributed by atoms with van der Waals surface area (Å²) in [6.07, 6.45) is 2.49. The van der Waals surface area contributed by atoms with Crippen LogP contribution in [-0.2, 0) is 6.54 Å². The van der Waals surface area contributed by atoms with Crippen molar-refractivity contribution in [2.24, 2.45) is 4.99 Å². The topological polar surface area (TPSA) is 36.4 Å². The second kappa shape index (κ2) is 7.06. The molecule has 0 atom stereocenters. The van der Waals surface area contributed by atoms with Crippen molar-refractivity contribution in [1.29, 1.82) is 0 Å². The van der Waals surface area contributed by atoms with Gasteiger partial charge in [0.15, 0.2) is 5.96 Å². The highest BCUT2D eigenvalue weighted by Crippen LogP contribution is 2.18. The molecule has 94 valence electrons. The predicted molar refractivity (Wildman–Crippen MR) is 83.2 cm³/mol. The van der Waals surface area contributed by atoms with E-state index >= 15 is 0 Å². The van der Waals surface area contributed by atoms with Gasteiger partial charge in [0.2, 0.25) is 0 Å². The third-order valence-electron chi connectivity index (χ3n) is 2.55. The van der Waals surface area contributed by atoms with Crippen LogP contribution in [0.4, 0.5) is 0 Å². The van der Waals surface area contributed by atoms with E-state index in [2.05, 4.69) is 15.6 Å². The van der Waals surface area contributed by atoms with E-state index in [0.717, 1.165) is 16.5 Å². The molecule has 0 unspecified atom stereocenters. The molecule has 2 rings (SSSR count). The van der Waals surface area contributed by atoms with Crippen molar-refractivity contribution in [2.45, 2.75) is 25.4 Å². The zero-order chi connectivity index (χ0) is 11.4. The summed E-state index contributed by atoms with van der Waals surface area (Å²) in [4.78, 5) is 4.16. The Labute approximate surface area is 124 Å². The Hall–Kier alpha value is -0.490. The molecule has 1 aromatic rings. The first kappa shape index (κ1) is 14.6. The van der Waals surface area contributed by atoms with E-state index in [1.54, 1.807) is 7.05 Å². The number of rotatable bonds is 3. The van der Waals surface area contributed by atoms with Crippen LogP contribution >= 0.6 is 35.6 Å². The van der Waals surface area contributed by atoms with Crippen LogP contribution in [0.25, 0.3) is 0 Å². The van der Waals surface area contributed by atoms with Crippen molar-refractivity contribution in [3.8, 4) is 0 Å². The number of hydrogen-bond acceptors (Lipinski definition) is 1. The van der Waals surface area contributed by atoms with Gasteiger partial charge in [-0.25, -0.2) is 0 Å². The van der Waals surface area contributed by atoms with Gasteiger partial charge in [0.05, 0.1) is 0 Å². The molecular formula is C12H17ClIN3. The monoisotopic (exact) mass is 365 g/mol. The number of nitrogens with zero attached hydrogens (tertiary/aromatic N) is 1. The van der Waals surface area contributed by atoms with Crippen molar-refractivity contribution in [1.82, 2.24) is 10.6 Å². The summed E-state index contributed by atoms with van der Waals surface area (Å²) in [6.45, 7) is 0.700. The van der Waals surface area contributed by atoms with Gasteiger partial charge in [0.1, 0.15) is 0 Å². The first-order valence-corrected chi connectivity index (χ1v) is 5.88. The Morgan fingerprint density at radius 2 is 2.12 bits per heavy atom.